The summed E-state index contributed by atoms with van der Waals surface area (Å²) in [5, 5.41) is 8.44. The van der Waals surface area contributed by atoms with E-state index in [1.807, 2.05) is 54.3 Å². The predicted octanol–water partition coefficient (Wildman–Crippen LogP) is 3.90. The Labute approximate surface area is 182 Å². The van der Waals surface area contributed by atoms with Crippen LogP contribution in [0, 0.1) is 12.8 Å². The number of benzene rings is 2. The molecule has 2 aromatic carbocycles. The maximum absolute atomic E-state index is 13.6. The normalized spacial score (nSPS) is 18.6. The van der Waals surface area contributed by atoms with Gasteiger partial charge in [0.15, 0.2) is 0 Å². The molecule has 4 rings (SSSR count). The molecule has 0 saturated carbocycles. The van der Waals surface area contributed by atoms with Crippen molar-refractivity contribution in [1.82, 2.24) is 19.9 Å². The first kappa shape index (κ1) is 20.9. The van der Waals surface area contributed by atoms with Crippen LogP contribution in [-0.4, -0.2) is 52.1 Å². The number of hydrogen-bond donors (Lipinski definition) is 0. The molecule has 0 aliphatic carbocycles. The summed E-state index contributed by atoms with van der Waals surface area (Å²) in [5.74, 6) is 1.90. The third kappa shape index (κ3) is 4.71. The SMILES string of the molecule is COc1ccc(OC[C@@H]2CC[C@H](C)N(C(=O)c3cc(C)ccc3-n3nccn3)C2)cc1. The topological polar surface area (TPSA) is 69.5 Å². The molecule has 3 aromatic rings. The summed E-state index contributed by atoms with van der Waals surface area (Å²) in [4.78, 5) is 17.0. The summed E-state index contributed by atoms with van der Waals surface area (Å²) in [6.45, 7) is 5.34. The minimum Gasteiger partial charge on any atom is -0.497 e. The van der Waals surface area contributed by atoms with Crippen molar-refractivity contribution in [2.24, 2.45) is 5.92 Å². The molecule has 1 fully saturated rings. The number of aryl methyl sites for hydroxylation is 1. The average molecular weight is 421 g/mol. The molecule has 7 nitrogen and oxygen atoms in total. The zero-order valence-corrected chi connectivity index (χ0v) is 18.2. The highest BCUT2D eigenvalue weighted by Crippen LogP contribution is 2.27. The third-order valence-corrected chi connectivity index (χ3v) is 5.80. The van der Waals surface area contributed by atoms with E-state index in [4.69, 9.17) is 9.47 Å². The summed E-state index contributed by atoms with van der Waals surface area (Å²) in [7, 11) is 1.65. The van der Waals surface area contributed by atoms with Crippen LogP contribution in [0.1, 0.15) is 35.7 Å². The van der Waals surface area contributed by atoms with Gasteiger partial charge < -0.3 is 14.4 Å². The van der Waals surface area contributed by atoms with Crippen molar-refractivity contribution < 1.29 is 14.3 Å². The maximum Gasteiger partial charge on any atom is 0.256 e. The second-order valence-corrected chi connectivity index (χ2v) is 8.08. The molecule has 1 aliphatic heterocycles. The van der Waals surface area contributed by atoms with E-state index in [0.717, 1.165) is 29.9 Å². The van der Waals surface area contributed by atoms with Crippen LogP contribution in [0.15, 0.2) is 54.9 Å². The third-order valence-electron chi connectivity index (χ3n) is 5.80. The number of hydrogen-bond acceptors (Lipinski definition) is 5. The predicted molar refractivity (Wildman–Crippen MR) is 118 cm³/mol. The summed E-state index contributed by atoms with van der Waals surface area (Å²) in [6, 6.07) is 13.6. The van der Waals surface area contributed by atoms with E-state index in [2.05, 4.69) is 17.1 Å². The van der Waals surface area contributed by atoms with Gasteiger partial charge in [-0.2, -0.15) is 15.0 Å². The van der Waals surface area contributed by atoms with Crippen molar-refractivity contribution in [3.8, 4) is 17.2 Å². The van der Waals surface area contributed by atoms with E-state index >= 15 is 0 Å². The Morgan fingerprint density at radius 3 is 2.48 bits per heavy atom. The van der Waals surface area contributed by atoms with E-state index in [9.17, 15) is 4.79 Å². The number of ether oxygens (including phenoxy) is 2. The lowest BCUT2D eigenvalue weighted by Crippen LogP contribution is -2.47. The Kier molecular flexibility index (Phi) is 6.21. The number of rotatable bonds is 6. The van der Waals surface area contributed by atoms with Crippen molar-refractivity contribution >= 4 is 5.91 Å². The van der Waals surface area contributed by atoms with Gasteiger partial charge >= 0.3 is 0 Å². The molecule has 0 radical (unpaired) electrons. The number of amides is 1. The van der Waals surface area contributed by atoms with Gasteiger partial charge in [0.2, 0.25) is 0 Å². The molecule has 0 spiro atoms. The Hall–Kier alpha value is -3.35. The van der Waals surface area contributed by atoms with Crippen LogP contribution in [0.2, 0.25) is 0 Å². The molecule has 162 valence electrons. The van der Waals surface area contributed by atoms with Gasteiger partial charge in [-0.15, -0.1) is 0 Å². The Morgan fingerprint density at radius 2 is 1.77 bits per heavy atom. The van der Waals surface area contributed by atoms with Crippen LogP contribution in [0.3, 0.4) is 0 Å². The monoisotopic (exact) mass is 420 g/mol. The molecule has 0 bridgehead atoms. The van der Waals surface area contributed by atoms with E-state index in [1.165, 1.54) is 4.80 Å². The van der Waals surface area contributed by atoms with E-state index in [-0.39, 0.29) is 17.9 Å². The summed E-state index contributed by atoms with van der Waals surface area (Å²) in [6.07, 6.45) is 5.21. The van der Waals surface area contributed by atoms with E-state index in [0.29, 0.717) is 24.4 Å². The maximum atomic E-state index is 13.6. The quantitative estimate of drug-likeness (QED) is 0.605. The van der Waals surface area contributed by atoms with E-state index < -0.39 is 0 Å². The van der Waals surface area contributed by atoms with Gasteiger partial charge in [0.05, 0.1) is 37.4 Å². The highest BCUT2D eigenvalue weighted by molar-refractivity contribution is 5.98. The Morgan fingerprint density at radius 1 is 1.06 bits per heavy atom. The molecule has 0 unspecified atom stereocenters. The van der Waals surface area contributed by atoms with Crippen molar-refractivity contribution in [3.63, 3.8) is 0 Å². The van der Waals surface area contributed by atoms with Gasteiger partial charge in [-0.1, -0.05) is 11.6 Å². The number of nitrogens with zero attached hydrogens (tertiary/aromatic N) is 4. The molecule has 1 saturated heterocycles. The zero-order chi connectivity index (χ0) is 21.8. The van der Waals surface area contributed by atoms with Crippen molar-refractivity contribution in [3.05, 3.63) is 66.0 Å². The lowest BCUT2D eigenvalue weighted by Gasteiger charge is -2.38. The van der Waals surface area contributed by atoms with E-state index in [1.54, 1.807) is 19.5 Å². The number of piperidine rings is 1. The van der Waals surface area contributed by atoms with Crippen LogP contribution in [0.4, 0.5) is 0 Å². The highest BCUT2D eigenvalue weighted by atomic mass is 16.5. The fourth-order valence-corrected chi connectivity index (χ4v) is 3.98. The lowest BCUT2D eigenvalue weighted by atomic mass is 9.93. The minimum atomic E-state index is 0.0117. The van der Waals surface area contributed by atoms with Gasteiger partial charge in [0.1, 0.15) is 11.5 Å². The molecule has 1 amide bonds. The van der Waals surface area contributed by atoms with Gasteiger partial charge in [-0.05, 0) is 63.1 Å². The van der Waals surface area contributed by atoms with Crippen LogP contribution in [0.25, 0.3) is 5.69 Å². The Bertz CT molecular complexity index is 1020. The fourth-order valence-electron chi connectivity index (χ4n) is 3.98. The number of methoxy groups -OCH3 is 1. The number of carbonyl (C=O) groups excluding carboxylic acids is 1. The molecule has 2 atom stereocenters. The molecule has 1 aliphatic rings. The van der Waals surface area contributed by atoms with Crippen LogP contribution in [-0.2, 0) is 0 Å². The molecule has 31 heavy (non-hydrogen) atoms. The molecule has 0 N–H and O–H groups in total. The number of likely N-dealkylation sites (tertiary alicyclic amines) is 1. The smallest absolute Gasteiger partial charge is 0.256 e. The summed E-state index contributed by atoms with van der Waals surface area (Å²) >= 11 is 0. The molecule has 1 aromatic heterocycles. The van der Waals surface area contributed by atoms with Gasteiger partial charge in [-0.3, -0.25) is 4.79 Å². The average Bonchev–Trinajstić information content (AvgIpc) is 3.33. The first-order valence-corrected chi connectivity index (χ1v) is 10.6. The zero-order valence-electron chi connectivity index (χ0n) is 18.2. The largest absolute Gasteiger partial charge is 0.497 e. The summed E-state index contributed by atoms with van der Waals surface area (Å²) in [5.41, 5.74) is 2.35. The molecular weight excluding hydrogens is 392 g/mol. The van der Waals surface area contributed by atoms with Crippen LogP contribution >= 0.6 is 0 Å². The molecule has 7 heteroatoms. The summed E-state index contributed by atoms with van der Waals surface area (Å²) < 4.78 is 11.2. The first-order valence-electron chi connectivity index (χ1n) is 10.6. The Balaban J connectivity index is 1.48. The van der Waals surface area contributed by atoms with Gasteiger partial charge in [0.25, 0.3) is 5.91 Å². The second-order valence-electron chi connectivity index (χ2n) is 8.08. The van der Waals surface area contributed by atoms with Gasteiger partial charge in [0, 0.05) is 18.5 Å². The fraction of sp³-hybridized carbons (Fsp3) is 0.375. The standard InChI is InChI=1S/C24H28N4O3/c1-17-4-11-23(28-25-12-13-26-28)22(14-17)24(29)27-15-19(6-5-18(27)2)16-31-21-9-7-20(30-3)8-10-21/h4,7-14,18-19H,5-6,15-16H2,1-3H3/t18-,19+/m0/s1. The molecular formula is C24H28N4O3. The van der Waals surface area contributed by atoms with Crippen molar-refractivity contribution in [1.29, 1.82) is 0 Å². The van der Waals surface area contributed by atoms with Crippen molar-refractivity contribution in [2.75, 3.05) is 20.3 Å². The second kappa shape index (κ2) is 9.20. The number of aromatic nitrogens is 3. The minimum absolute atomic E-state index is 0.0117. The highest BCUT2D eigenvalue weighted by Gasteiger charge is 2.31. The lowest BCUT2D eigenvalue weighted by molar-refractivity contribution is 0.0505. The first-order chi connectivity index (χ1) is 15.0. The van der Waals surface area contributed by atoms with Crippen molar-refractivity contribution in [2.45, 2.75) is 32.7 Å². The number of carbonyl (C=O) groups is 1. The molecule has 2 heterocycles. The van der Waals surface area contributed by atoms with Gasteiger partial charge in [-0.25, -0.2) is 0 Å². The van der Waals surface area contributed by atoms with Crippen LogP contribution < -0.4 is 9.47 Å². The van der Waals surface area contributed by atoms with Crippen LogP contribution in [0.5, 0.6) is 11.5 Å².